The molecule has 1 aromatic rings. The van der Waals surface area contributed by atoms with Crippen molar-refractivity contribution in [1.29, 1.82) is 0 Å². The Morgan fingerprint density at radius 2 is 1.83 bits per heavy atom. The monoisotopic (exact) mass is 344 g/mol. The molecule has 0 aliphatic carbocycles. The minimum absolute atomic E-state index is 0.0510. The van der Waals surface area contributed by atoms with Gasteiger partial charge in [0.25, 0.3) is 0 Å². The van der Waals surface area contributed by atoms with Gasteiger partial charge in [-0.25, -0.2) is 4.79 Å². The van der Waals surface area contributed by atoms with Crippen molar-refractivity contribution in [2.75, 3.05) is 6.61 Å². The fraction of sp³-hybridized carbons (Fsp3) is 0.588. The lowest BCUT2D eigenvalue weighted by Crippen LogP contribution is -2.49. The number of hydrogen-bond acceptors (Lipinski definition) is 4. The molecule has 23 heavy (non-hydrogen) atoms. The summed E-state index contributed by atoms with van der Waals surface area (Å²) in [6.45, 7) is 2.22. The van der Waals surface area contributed by atoms with Crippen LogP contribution in [0.3, 0.4) is 0 Å². The number of carboxylic acid groups (broad SMARTS) is 1. The van der Waals surface area contributed by atoms with Crippen LogP contribution in [-0.4, -0.2) is 39.6 Å². The molecule has 0 fully saturated rings. The second-order valence-electron chi connectivity index (χ2n) is 5.62. The van der Waals surface area contributed by atoms with E-state index in [4.69, 9.17) is 21.4 Å². The quantitative estimate of drug-likeness (QED) is 0.536. The smallest absolute Gasteiger partial charge is 0.338 e. The zero-order valence-electron chi connectivity index (χ0n) is 13.4. The number of carbonyl (C=O) groups is 1. The van der Waals surface area contributed by atoms with Gasteiger partial charge in [-0.3, -0.25) is 0 Å². The van der Waals surface area contributed by atoms with Crippen LogP contribution >= 0.6 is 11.6 Å². The Labute approximate surface area is 141 Å². The Hall–Kier alpha value is -1.30. The topological polar surface area (TPSA) is 87.0 Å². The van der Waals surface area contributed by atoms with Crippen molar-refractivity contribution in [2.45, 2.75) is 57.2 Å². The number of halogens is 1. The van der Waals surface area contributed by atoms with Crippen LogP contribution in [0.4, 0.5) is 0 Å². The molecule has 2 atom stereocenters. The average Bonchev–Trinajstić information content (AvgIpc) is 2.54. The van der Waals surface area contributed by atoms with Gasteiger partial charge < -0.3 is 20.1 Å². The van der Waals surface area contributed by atoms with Crippen molar-refractivity contribution in [3.8, 4) is 5.75 Å². The van der Waals surface area contributed by atoms with E-state index in [2.05, 4.69) is 0 Å². The van der Waals surface area contributed by atoms with Gasteiger partial charge in [0.15, 0.2) is 5.60 Å². The molecule has 0 aliphatic rings. The number of aliphatic carboxylic acids is 1. The molecule has 3 N–H and O–H groups in total. The number of aliphatic hydroxyl groups excluding tert-OH is 1. The number of benzene rings is 1. The van der Waals surface area contributed by atoms with Crippen LogP contribution in [0.15, 0.2) is 24.3 Å². The third-order valence-electron chi connectivity index (χ3n) is 3.84. The van der Waals surface area contributed by atoms with Crippen LogP contribution in [0.2, 0.25) is 5.02 Å². The van der Waals surface area contributed by atoms with Crippen LogP contribution in [0.1, 0.15) is 45.4 Å². The summed E-state index contributed by atoms with van der Waals surface area (Å²) in [5.41, 5.74) is -2.05. The first-order valence-electron chi connectivity index (χ1n) is 7.92. The third kappa shape index (κ3) is 6.37. The van der Waals surface area contributed by atoms with E-state index in [1.165, 1.54) is 0 Å². The number of aliphatic hydroxyl groups is 2. The van der Waals surface area contributed by atoms with E-state index >= 15 is 0 Å². The van der Waals surface area contributed by atoms with E-state index in [1.807, 2.05) is 0 Å². The minimum Gasteiger partial charge on any atom is -0.494 e. The van der Waals surface area contributed by atoms with Gasteiger partial charge >= 0.3 is 5.97 Å². The van der Waals surface area contributed by atoms with E-state index in [1.54, 1.807) is 31.2 Å². The number of hydrogen-bond donors (Lipinski definition) is 3. The van der Waals surface area contributed by atoms with Gasteiger partial charge in [0.2, 0.25) is 0 Å². The molecule has 1 aromatic carbocycles. The highest BCUT2D eigenvalue weighted by Gasteiger charge is 2.41. The molecule has 2 unspecified atom stereocenters. The zero-order valence-corrected chi connectivity index (χ0v) is 14.1. The van der Waals surface area contributed by atoms with Gasteiger partial charge in [0, 0.05) is 5.02 Å². The predicted molar refractivity (Wildman–Crippen MR) is 88.9 cm³/mol. The number of unbranched alkanes of at least 4 members (excludes halogenated alkanes) is 3. The van der Waals surface area contributed by atoms with Crippen LogP contribution in [0.5, 0.6) is 5.75 Å². The summed E-state index contributed by atoms with van der Waals surface area (Å²) in [7, 11) is 0. The molecule has 0 amide bonds. The fourth-order valence-corrected chi connectivity index (χ4v) is 2.45. The van der Waals surface area contributed by atoms with Crippen LogP contribution in [0, 0.1) is 0 Å². The SMILES string of the molecule is CCC(O)C(O)(CCCCCCOc1ccc(Cl)cc1)C(=O)O. The predicted octanol–water partition coefficient (Wildman–Crippen LogP) is 3.26. The molecule has 0 saturated heterocycles. The first-order valence-corrected chi connectivity index (χ1v) is 8.30. The molecule has 0 aliphatic heterocycles. The number of rotatable bonds is 11. The normalized spacial score (nSPS) is 15.0. The lowest BCUT2D eigenvalue weighted by Gasteiger charge is -2.28. The second-order valence-corrected chi connectivity index (χ2v) is 6.06. The summed E-state index contributed by atoms with van der Waals surface area (Å²) in [5.74, 6) is -0.598. The van der Waals surface area contributed by atoms with Gasteiger partial charge in [0.05, 0.1) is 12.7 Å². The highest BCUT2D eigenvalue weighted by Crippen LogP contribution is 2.22. The minimum atomic E-state index is -2.05. The maximum Gasteiger partial charge on any atom is 0.338 e. The Morgan fingerprint density at radius 3 is 2.39 bits per heavy atom. The summed E-state index contributed by atoms with van der Waals surface area (Å²) >= 11 is 5.79. The molecule has 0 spiro atoms. The zero-order chi connectivity index (χ0) is 17.3. The Morgan fingerprint density at radius 1 is 1.22 bits per heavy atom. The Bertz CT molecular complexity index is 476. The molecule has 6 heteroatoms. The lowest BCUT2D eigenvalue weighted by atomic mass is 9.89. The Kier molecular flexibility index (Phi) is 8.37. The van der Waals surface area contributed by atoms with Crippen LogP contribution < -0.4 is 4.74 Å². The van der Waals surface area contributed by atoms with Gasteiger partial charge in [0.1, 0.15) is 5.75 Å². The van der Waals surface area contributed by atoms with Gasteiger partial charge in [-0.15, -0.1) is 0 Å². The molecule has 5 nitrogen and oxygen atoms in total. The van der Waals surface area contributed by atoms with E-state index in [0.717, 1.165) is 25.0 Å². The maximum atomic E-state index is 11.1. The maximum absolute atomic E-state index is 11.1. The van der Waals surface area contributed by atoms with Crippen molar-refractivity contribution in [1.82, 2.24) is 0 Å². The fourth-order valence-electron chi connectivity index (χ4n) is 2.32. The molecule has 0 heterocycles. The van der Waals surface area contributed by atoms with E-state index in [0.29, 0.717) is 18.1 Å². The summed E-state index contributed by atoms with van der Waals surface area (Å²) in [5, 5.41) is 29.5. The summed E-state index contributed by atoms with van der Waals surface area (Å²) in [6, 6.07) is 7.15. The molecule has 0 radical (unpaired) electrons. The largest absolute Gasteiger partial charge is 0.494 e. The molecule has 0 bridgehead atoms. The first-order chi connectivity index (χ1) is 10.9. The van der Waals surface area contributed by atoms with Crippen molar-refractivity contribution in [3.63, 3.8) is 0 Å². The average molecular weight is 345 g/mol. The number of carboxylic acids is 1. The molecule has 130 valence electrons. The van der Waals surface area contributed by atoms with Crippen LogP contribution in [0.25, 0.3) is 0 Å². The summed E-state index contributed by atoms with van der Waals surface area (Å²) in [6.07, 6.45) is 2.04. The second kappa shape index (κ2) is 9.75. The molecule has 0 aromatic heterocycles. The van der Waals surface area contributed by atoms with Crippen molar-refractivity contribution >= 4 is 17.6 Å². The first kappa shape index (κ1) is 19.7. The van der Waals surface area contributed by atoms with E-state index in [9.17, 15) is 15.0 Å². The summed E-state index contributed by atoms with van der Waals surface area (Å²) < 4.78 is 5.56. The highest BCUT2D eigenvalue weighted by atomic mass is 35.5. The van der Waals surface area contributed by atoms with Gasteiger partial charge in [-0.1, -0.05) is 31.4 Å². The Balaban J connectivity index is 2.19. The molecule has 1 rings (SSSR count). The molecular formula is C17H25ClO5. The summed E-state index contributed by atoms with van der Waals surface area (Å²) in [4.78, 5) is 11.1. The molecular weight excluding hydrogens is 320 g/mol. The van der Waals surface area contributed by atoms with Gasteiger partial charge in [-0.05, 0) is 49.9 Å². The standard InChI is InChI=1S/C17H25ClO5/c1-2-15(19)17(22,16(20)21)11-5-3-4-6-12-23-14-9-7-13(18)8-10-14/h7-10,15,19,22H,2-6,11-12H2,1H3,(H,20,21). The highest BCUT2D eigenvalue weighted by molar-refractivity contribution is 6.30. The van der Waals surface area contributed by atoms with Crippen molar-refractivity contribution in [3.05, 3.63) is 29.3 Å². The third-order valence-corrected chi connectivity index (χ3v) is 4.09. The number of ether oxygens (including phenoxy) is 1. The van der Waals surface area contributed by atoms with Gasteiger partial charge in [-0.2, -0.15) is 0 Å². The lowest BCUT2D eigenvalue weighted by molar-refractivity contribution is -0.173. The molecule has 0 saturated carbocycles. The van der Waals surface area contributed by atoms with Crippen molar-refractivity contribution in [2.24, 2.45) is 0 Å². The van der Waals surface area contributed by atoms with E-state index in [-0.39, 0.29) is 12.8 Å². The van der Waals surface area contributed by atoms with Crippen LogP contribution in [-0.2, 0) is 4.79 Å². The van der Waals surface area contributed by atoms with Crippen molar-refractivity contribution < 1.29 is 24.9 Å². The van der Waals surface area contributed by atoms with E-state index < -0.39 is 17.7 Å².